The molecular weight excluding hydrogens is 528 g/mol. The van der Waals surface area contributed by atoms with Crippen molar-refractivity contribution in [1.82, 2.24) is 10.2 Å². The first kappa shape index (κ1) is 27.5. The van der Waals surface area contributed by atoms with Crippen molar-refractivity contribution in [2.75, 3.05) is 23.9 Å². The molecule has 0 saturated heterocycles. The molecule has 0 radical (unpaired) electrons. The molecule has 0 fully saturated rings. The fourth-order valence-electron chi connectivity index (χ4n) is 2.54. The zero-order valence-corrected chi connectivity index (χ0v) is 21.7. The van der Waals surface area contributed by atoms with Gasteiger partial charge in [-0.25, -0.2) is 8.42 Å². The number of benzene rings is 1. The second-order valence-electron chi connectivity index (χ2n) is 7.22. The zero-order valence-electron chi connectivity index (χ0n) is 18.5. The third kappa shape index (κ3) is 7.66. The summed E-state index contributed by atoms with van der Waals surface area (Å²) in [7, 11) is -7.55. The standard InChI is InChI=1S/C19H21ClN4O7S3/c1-5-30-15-8-12(7-14(20)16(15)31-33(4,26)27)6-13(9-21)17(25)22-18-23-24-19(32-18)34(28,29)10-11(2)3/h6-8,11H,5,10H2,1-4H3,(H,22,23,25)/b13-6-. The smallest absolute Gasteiger partial charge is 0.306 e. The second-order valence-corrected chi connectivity index (χ2v) is 12.4. The number of hydrogen-bond acceptors (Lipinski definition) is 11. The van der Waals surface area contributed by atoms with E-state index in [-0.39, 0.29) is 55.4 Å². The monoisotopic (exact) mass is 548 g/mol. The molecule has 0 aliphatic rings. The molecule has 2 aromatic rings. The number of sulfone groups is 1. The third-order valence-electron chi connectivity index (χ3n) is 3.69. The lowest BCUT2D eigenvalue weighted by molar-refractivity contribution is -0.112. The van der Waals surface area contributed by atoms with Crippen LogP contribution in [-0.4, -0.2) is 51.6 Å². The van der Waals surface area contributed by atoms with Crippen LogP contribution in [0.15, 0.2) is 22.0 Å². The molecule has 184 valence electrons. The quantitative estimate of drug-likeness (QED) is 0.202. The van der Waals surface area contributed by atoms with E-state index in [2.05, 4.69) is 15.5 Å². The predicted molar refractivity (Wildman–Crippen MR) is 127 cm³/mol. The molecule has 0 atom stereocenters. The molecule has 0 spiro atoms. The lowest BCUT2D eigenvalue weighted by Crippen LogP contribution is -2.13. The van der Waals surface area contributed by atoms with Gasteiger partial charge in [0.1, 0.15) is 11.6 Å². The topological polar surface area (TPSA) is 165 Å². The second kappa shape index (κ2) is 11.1. The number of carbonyl (C=O) groups excluding carboxylic acids is 1. The molecule has 11 nitrogen and oxygen atoms in total. The highest BCUT2D eigenvalue weighted by atomic mass is 35.5. The molecular formula is C19H21ClN4O7S3. The van der Waals surface area contributed by atoms with Crippen molar-refractivity contribution in [3.05, 3.63) is 28.3 Å². The van der Waals surface area contributed by atoms with Gasteiger partial charge in [0.25, 0.3) is 5.91 Å². The minimum Gasteiger partial charge on any atom is -0.490 e. The Morgan fingerprint density at radius 2 is 1.97 bits per heavy atom. The van der Waals surface area contributed by atoms with Crippen molar-refractivity contribution in [2.45, 2.75) is 25.1 Å². The maximum Gasteiger partial charge on any atom is 0.306 e. The average Bonchev–Trinajstić information content (AvgIpc) is 3.16. The Bertz CT molecular complexity index is 1360. The van der Waals surface area contributed by atoms with Gasteiger partial charge in [0.2, 0.25) is 25.1 Å². The number of ether oxygens (including phenoxy) is 1. The van der Waals surface area contributed by atoms with Crippen molar-refractivity contribution in [1.29, 1.82) is 5.26 Å². The van der Waals surface area contributed by atoms with Crippen LogP contribution >= 0.6 is 22.9 Å². The van der Waals surface area contributed by atoms with E-state index in [0.29, 0.717) is 11.3 Å². The number of carbonyl (C=O) groups is 1. The van der Waals surface area contributed by atoms with Crippen molar-refractivity contribution >= 4 is 60.0 Å². The molecule has 0 unspecified atom stereocenters. The van der Waals surface area contributed by atoms with E-state index in [9.17, 15) is 26.9 Å². The van der Waals surface area contributed by atoms with Gasteiger partial charge in [0.05, 0.1) is 23.6 Å². The summed E-state index contributed by atoms with van der Waals surface area (Å²) in [6.07, 6.45) is 2.03. The van der Waals surface area contributed by atoms with Crippen LogP contribution in [-0.2, 0) is 24.7 Å². The Morgan fingerprint density at radius 1 is 1.29 bits per heavy atom. The highest BCUT2D eigenvalue weighted by molar-refractivity contribution is 7.93. The van der Waals surface area contributed by atoms with E-state index in [1.165, 1.54) is 18.2 Å². The van der Waals surface area contributed by atoms with Crippen LogP contribution < -0.4 is 14.2 Å². The minimum atomic E-state index is -3.90. The molecule has 1 aromatic heterocycles. The van der Waals surface area contributed by atoms with Gasteiger partial charge in [-0.15, -0.1) is 10.2 Å². The van der Waals surface area contributed by atoms with E-state index in [4.69, 9.17) is 20.5 Å². The first-order valence-corrected chi connectivity index (χ1v) is 14.3. The van der Waals surface area contributed by atoms with Crippen LogP contribution in [0.25, 0.3) is 6.08 Å². The van der Waals surface area contributed by atoms with Crippen LogP contribution in [0.3, 0.4) is 0 Å². The summed E-state index contributed by atoms with van der Waals surface area (Å²) in [5.41, 5.74) is -0.115. The summed E-state index contributed by atoms with van der Waals surface area (Å²) in [6.45, 7) is 5.31. The highest BCUT2D eigenvalue weighted by Crippen LogP contribution is 2.38. The van der Waals surface area contributed by atoms with Crippen molar-refractivity contribution < 1.29 is 30.6 Å². The normalized spacial score (nSPS) is 12.3. The number of nitriles is 1. The zero-order chi connectivity index (χ0) is 25.7. The first-order valence-electron chi connectivity index (χ1n) is 9.61. The summed E-state index contributed by atoms with van der Waals surface area (Å²) in [5, 5.41) is 18.8. The molecule has 1 heterocycles. The molecule has 2 rings (SSSR count). The Labute approximate surface area is 206 Å². The minimum absolute atomic E-state index is 0.00602. The molecule has 1 amide bonds. The van der Waals surface area contributed by atoms with E-state index in [0.717, 1.165) is 6.26 Å². The maximum atomic E-state index is 12.6. The number of anilines is 1. The van der Waals surface area contributed by atoms with E-state index in [1.807, 2.05) is 0 Å². The molecule has 0 aliphatic heterocycles. The van der Waals surface area contributed by atoms with Crippen molar-refractivity contribution in [2.24, 2.45) is 5.92 Å². The third-order valence-corrected chi connectivity index (χ3v) is 7.80. The molecule has 0 bridgehead atoms. The maximum absolute atomic E-state index is 12.6. The number of amides is 1. The van der Waals surface area contributed by atoms with Crippen LogP contribution in [0.4, 0.5) is 5.13 Å². The summed E-state index contributed by atoms with van der Waals surface area (Å²) >= 11 is 6.81. The number of rotatable bonds is 10. The summed E-state index contributed by atoms with van der Waals surface area (Å²) < 4.78 is 57.5. The van der Waals surface area contributed by atoms with Gasteiger partial charge < -0.3 is 8.92 Å². The molecule has 34 heavy (non-hydrogen) atoms. The van der Waals surface area contributed by atoms with Crippen LogP contribution in [0.2, 0.25) is 5.02 Å². The fourth-order valence-corrected chi connectivity index (χ4v) is 5.93. The SMILES string of the molecule is CCOc1cc(/C=C(/C#N)C(=O)Nc2nnc(S(=O)(=O)CC(C)C)s2)cc(Cl)c1OS(C)(=O)=O. The van der Waals surface area contributed by atoms with Gasteiger partial charge in [-0.1, -0.05) is 36.8 Å². The van der Waals surface area contributed by atoms with Crippen LogP contribution in [0.1, 0.15) is 26.3 Å². The van der Waals surface area contributed by atoms with Crippen LogP contribution in [0, 0.1) is 17.2 Å². The number of hydrogen-bond donors (Lipinski definition) is 1. The number of halogens is 1. The summed E-state index contributed by atoms with van der Waals surface area (Å²) in [4.78, 5) is 12.6. The largest absolute Gasteiger partial charge is 0.490 e. The Kier molecular flexibility index (Phi) is 9.01. The molecule has 1 N–H and O–H groups in total. The van der Waals surface area contributed by atoms with Gasteiger partial charge in [0, 0.05) is 0 Å². The van der Waals surface area contributed by atoms with Gasteiger partial charge in [-0.2, -0.15) is 13.7 Å². The van der Waals surface area contributed by atoms with Crippen molar-refractivity contribution in [3.63, 3.8) is 0 Å². The van der Waals surface area contributed by atoms with Crippen molar-refractivity contribution in [3.8, 4) is 17.6 Å². The fraction of sp³-hybridized carbons (Fsp3) is 0.368. The summed E-state index contributed by atoms with van der Waals surface area (Å²) in [6, 6.07) is 4.37. The Balaban J connectivity index is 2.33. The van der Waals surface area contributed by atoms with Crippen LogP contribution in [0.5, 0.6) is 11.5 Å². The Hall–Kier alpha value is -2.73. The predicted octanol–water partition coefficient (Wildman–Crippen LogP) is 2.90. The van der Waals surface area contributed by atoms with Gasteiger partial charge in [0.15, 0.2) is 5.75 Å². The lowest BCUT2D eigenvalue weighted by Gasteiger charge is -2.13. The van der Waals surface area contributed by atoms with Gasteiger partial charge in [-0.3, -0.25) is 10.1 Å². The van der Waals surface area contributed by atoms with Gasteiger partial charge in [-0.05, 0) is 36.6 Å². The molecule has 1 aromatic carbocycles. The van der Waals surface area contributed by atoms with E-state index < -0.39 is 25.9 Å². The summed E-state index contributed by atoms with van der Waals surface area (Å²) in [5.74, 6) is -1.34. The number of aromatic nitrogens is 2. The highest BCUT2D eigenvalue weighted by Gasteiger charge is 2.23. The van der Waals surface area contributed by atoms with E-state index >= 15 is 0 Å². The molecule has 15 heteroatoms. The van der Waals surface area contributed by atoms with Gasteiger partial charge >= 0.3 is 10.1 Å². The molecule has 0 aliphatic carbocycles. The average molecular weight is 549 g/mol. The van der Waals surface area contributed by atoms with E-state index in [1.54, 1.807) is 26.8 Å². The Morgan fingerprint density at radius 3 is 2.53 bits per heavy atom. The molecule has 0 saturated carbocycles. The lowest BCUT2D eigenvalue weighted by atomic mass is 10.1. The number of nitrogens with zero attached hydrogens (tertiary/aromatic N) is 3. The first-order chi connectivity index (χ1) is 15.8. The number of nitrogens with one attached hydrogen (secondary N) is 1.